The summed E-state index contributed by atoms with van der Waals surface area (Å²) < 4.78 is 0.634. The van der Waals surface area contributed by atoms with Gasteiger partial charge in [-0.05, 0) is 45.3 Å². The van der Waals surface area contributed by atoms with Crippen molar-refractivity contribution < 1.29 is 4.79 Å². The minimum absolute atomic E-state index is 0.412. The highest BCUT2D eigenvalue weighted by atomic mass is 79.9. The average molecular weight is 332 g/mol. The molecule has 4 nitrogen and oxygen atoms in total. The second kappa shape index (κ2) is 4.59. The minimum atomic E-state index is -0.412. The summed E-state index contributed by atoms with van der Waals surface area (Å²) in [5.74, 6) is -0.412. The van der Waals surface area contributed by atoms with Crippen LogP contribution in [-0.2, 0) is 6.42 Å². The van der Waals surface area contributed by atoms with Crippen molar-refractivity contribution in [3.8, 4) is 11.3 Å². The molecule has 0 saturated carbocycles. The lowest BCUT2D eigenvalue weighted by atomic mass is 10.1. The summed E-state index contributed by atoms with van der Waals surface area (Å²) in [7, 11) is 4.01. The Morgan fingerprint density at radius 2 is 2.10 bits per heavy atom. The normalized spacial score (nSPS) is 11.9. The van der Waals surface area contributed by atoms with Gasteiger partial charge < -0.3 is 10.6 Å². The molecule has 5 heteroatoms. The Morgan fingerprint density at radius 1 is 1.35 bits per heavy atom. The highest BCUT2D eigenvalue weighted by Crippen LogP contribution is 2.39. The zero-order chi connectivity index (χ0) is 14.4. The van der Waals surface area contributed by atoms with Crippen molar-refractivity contribution in [2.24, 2.45) is 5.73 Å². The number of primary amides is 1. The first-order chi connectivity index (χ1) is 9.47. The number of aromatic nitrogens is 1. The summed E-state index contributed by atoms with van der Waals surface area (Å²) in [6, 6.07) is 7.94. The van der Waals surface area contributed by atoms with Gasteiger partial charge in [0.1, 0.15) is 4.60 Å². The maximum atomic E-state index is 11.6. The summed E-state index contributed by atoms with van der Waals surface area (Å²) >= 11 is 3.35. The summed E-state index contributed by atoms with van der Waals surface area (Å²) in [6.45, 7) is 0. The number of benzene rings is 1. The van der Waals surface area contributed by atoms with Crippen LogP contribution in [0.3, 0.4) is 0 Å². The number of hydrogen-bond acceptors (Lipinski definition) is 3. The number of anilines is 1. The van der Waals surface area contributed by atoms with Gasteiger partial charge in [-0.25, -0.2) is 4.98 Å². The van der Waals surface area contributed by atoms with Gasteiger partial charge in [0, 0.05) is 37.3 Å². The zero-order valence-electron chi connectivity index (χ0n) is 11.3. The molecule has 0 unspecified atom stereocenters. The quantitative estimate of drug-likeness (QED) is 0.734. The van der Waals surface area contributed by atoms with E-state index in [0.717, 1.165) is 22.5 Å². The van der Waals surface area contributed by atoms with E-state index in [4.69, 9.17) is 5.73 Å². The Hall–Kier alpha value is -1.88. The van der Waals surface area contributed by atoms with E-state index < -0.39 is 5.91 Å². The van der Waals surface area contributed by atoms with Gasteiger partial charge in [0.05, 0.1) is 5.69 Å². The van der Waals surface area contributed by atoms with Gasteiger partial charge in [-0.3, -0.25) is 4.79 Å². The third-order valence-electron chi connectivity index (χ3n) is 3.59. The first-order valence-electron chi connectivity index (χ1n) is 6.27. The molecule has 0 spiro atoms. The molecule has 0 saturated heterocycles. The number of halogens is 1. The predicted molar refractivity (Wildman–Crippen MR) is 83.0 cm³/mol. The van der Waals surface area contributed by atoms with Crippen molar-refractivity contribution in [1.82, 2.24) is 4.98 Å². The maximum absolute atomic E-state index is 11.6. The molecule has 1 aromatic carbocycles. The van der Waals surface area contributed by atoms with E-state index in [1.165, 1.54) is 5.56 Å². The van der Waals surface area contributed by atoms with Gasteiger partial charge in [-0.2, -0.15) is 0 Å². The molecule has 2 aromatic rings. The molecule has 0 fully saturated rings. The van der Waals surface area contributed by atoms with Gasteiger partial charge in [-0.1, -0.05) is 6.07 Å². The fourth-order valence-electron chi connectivity index (χ4n) is 2.59. The van der Waals surface area contributed by atoms with Crippen LogP contribution in [0.4, 0.5) is 5.69 Å². The maximum Gasteiger partial charge on any atom is 0.249 e. The van der Waals surface area contributed by atoms with E-state index in [1.54, 1.807) is 6.07 Å². The van der Waals surface area contributed by atoms with E-state index in [9.17, 15) is 4.79 Å². The third-order valence-corrected chi connectivity index (χ3v) is 3.99. The van der Waals surface area contributed by atoms with Crippen molar-refractivity contribution in [2.75, 3.05) is 19.0 Å². The lowest BCUT2D eigenvalue weighted by molar-refractivity contribution is 0.0999. The molecule has 102 valence electrons. The molecule has 1 aliphatic carbocycles. The molecule has 1 aliphatic rings. The largest absolute Gasteiger partial charge is 0.378 e. The molecule has 0 atom stereocenters. The molecule has 0 bridgehead atoms. The number of carbonyl (C=O) groups is 1. The number of carbonyl (C=O) groups excluding carboxylic acids is 1. The lowest BCUT2D eigenvalue weighted by Crippen LogP contribution is -2.14. The van der Waals surface area contributed by atoms with Crippen LogP contribution in [0.1, 0.15) is 21.5 Å². The van der Waals surface area contributed by atoms with Gasteiger partial charge in [0.2, 0.25) is 5.91 Å². The van der Waals surface area contributed by atoms with Crippen molar-refractivity contribution in [1.29, 1.82) is 0 Å². The smallest absolute Gasteiger partial charge is 0.249 e. The van der Waals surface area contributed by atoms with Crippen LogP contribution in [0.25, 0.3) is 11.3 Å². The Labute approximate surface area is 125 Å². The van der Waals surface area contributed by atoms with Crippen molar-refractivity contribution in [3.05, 3.63) is 45.6 Å². The summed E-state index contributed by atoms with van der Waals surface area (Å²) in [4.78, 5) is 18.2. The van der Waals surface area contributed by atoms with E-state index in [2.05, 4.69) is 44.0 Å². The number of rotatable bonds is 2. The number of nitrogens with two attached hydrogens (primary N) is 1. The highest BCUT2D eigenvalue weighted by Gasteiger charge is 2.25. The molecule has 0 radical (unpaired) electrons. The van der Waals surface area contributed by atoms with Crippen molar-refractivity contribution >= 4 is 27.5 Å². The van der Waals surface area contributed by atoms with Gasteiger partial charge in [0.15, 0.2) is 0 Å². The minimum Gasteiger partial charge on any atom is -0.378 e. The second-order valence-electron chi connectivity index (χ2n) is 5.10. The molecule has 1 heterocycles. The first-order valence-corrected chi connectivity index (χ1v) is 7.06. The van der Waals surface area contributed by atoms with Crippen LogP contribution in [0.2, 0.25) is 0 Å². The number of hydrogen-bond donors (Lipinski definition) is 1. The van der Waals surface area contributed by atoms with Crippen LogP contribution in [0, 0.1) is 0 Å². The van der Waals surface area contributed by atoms with Crippen molar-refractivity contribution in [3.63, 3.8) is 0 Å². The average Bonchev–Trinajstić information content (AvgIpc) is 2.75. The SMILES string of the molecule is CN(C)c1ccc2c(c1)Cc1c(C(N)=O)cc(Br)nc1-2. The van der Waals surface area contributed by atoms with E-state index in [-0.39, 0.29) is 0 Å². The van der Waals surface area contributed by atoms with Crippen molar-refractivity contribution in [2.45, 2.75) is 6.42 Å². The van der Waals surface area contributed by atoms with Crippen LogP contribution in [0.5, 0.6) is 0 Å². The molecular weight excluding hydrogens is 318 g/mol. The van der Waals surface area contributed by atoms with E-state index in [0.29, 0.717) is 16.6 Å². The monoisotopic (exact) mass is 331 g/mol. The summed E-state index contributed by atoms with van der Waals surface area (Å²) in [5, 5.41) is 0. The number of nitrogens with zero attached hydrogens (tertiary/aromatic N) is 2. The third kappa shape index (κ3) is 1.98. The van der Waals surface area contributed by atoms with Gasteiger partial charge in [-0.15, -0.1) is 0 Å². The molecular formula is C15H14BrN3O. The van der Waals surface area contributed by atoms with E-state index >= 15 is 0 Å². The zero-order valence-corrected chi connectivity index (χ0v) is 12.9. The Kier molecular flexibility index (Phi) is 3.01. The predicted octanol–water partition coefficient (Wildman–Crippen LogP) is 2.58. The van der Waals surface area contributed by atoms with E-state index in [1.807, 2.05) is 14.1 Å². The molecule has 3 rings (SSSR count). The molecule has 2 N–H and O–H groups in total. The standard InChI is InChI=1S/C15H14BrN3O/c1-19(2)9-3-4-10-8(5-9)6-11-12(15(17)20)7-13(16)18-14(10)11/h3-5,7H,6H2,1-2H3,(H2,17,20). The number of pyridine rings is 1. The molecule has 1 aromatic heterocycles. The topological polar surface area (TPSA) is 59.2 Å². The molecule has 20 heavy (non-hydrogen) atoms. The fourth-order valence-corrected chi connectivity index (χ4v) is 2.99. The number of fused-ring (bicyclic) bond motifs is 3. The highest BCUT2D eigenvalue weighted by molar-refractivity contribution is 9.10. The number of amides is 1. The van der Waals surface area contributed by atoms with Gasteiger partial charge in [0.25, 0.3) is 0 Å². The van der Waals surface area contributed by atoms with Crippen LogP contribution < -0.4 is 10.6 Å². The van der Waals surface area contributed by atoms with Gasteiger partial charge >= 0.3 is 0 Å². The fraction of sp³-hybridized carbons (Fsp3) is 0.200. The summed E-state index contributed by atoms with van der Waals surface area (Å²) in [6.07, 6.45) is 0.699. The Morgan fingerprint density at radius 3 is 2.75 bits per heavy atom. The van der Waals surface area contributed by atoms with Crippen LogP contribution in [0.15, 0.2) is 28.9 Å². The Balaban J connectivity index is 2.19. The Bertz CT molecular complexity index is 725. The second-order valence-corrected chi connectivity index (χ2v) is 5.91. The molecule has 1 amide bonds. The van der Waals surface area contributed by atoms with Crippen LogP contribution in [-0.4, -0.2) is 25.0 Å². The molecule has 0 aliphatic heterocycles. The van der Waals surface area contributed by atoms with Crippen LogP contribution >= 0.6 is 15.9 Å². The first kappa shape index (κ1) is 13.1. The summed E-state index contributed by atoms with van der Waals surface area (Å²) in [5.41, 5.74) is 11.2. The lowest BCUT2D eigenvalue weighted by Gasteiger charge is -2.13.